The lowest BCUT2D eigenvalue weighted by molar-refractivity contribution is 0.375. The summed E-state index contributed by atoms with van der Waals surface area (Å²) in [5.74, 6) is 1.67. The van der Waals surface area contributed by atoms with Crippen molar-refractivity contribution < 1.29 is 9.47 Å². The summed E-state index contributed by atoms with van der Waals surface area (Å²) < 4.78 is 10.6. The van der Waals surface area contributed by atoms with Gasteiger partial charge in [0.15, 0.2) is 0 Å². The third-order valence-electron chi connectivity index (χ3n) is 2.91. The van der Waals surface area contributed by atoms with E-state index in [9.17, 15) is 0 Å². The molecule has 1 rings (SSSR count). The van der Waals surface area contributed by atoms with E-state index in [0.29, 0.717) is 6.54 Å². The van der Waals surface area contributed by atoms with E-state index in [0.717, 1.165) is 17.9 Å². The molecule has 0 bridgehead atoms. The molecule has 0 heterocycles. The first-order chi connectivity index (χ1) is 7.55. The minimum absolute atomic E-state index is 0.0202. The summed E-state index contributed by atoms with van der Waals surface area (Å²) in [5.41, 5.74) is 6.82. The van der Waals surface area contributed by atoms with Crippen LogP contribution in [0.3, 0.4) is 0 Å². The Hall–Kier alpha value is -1.22. The molecule has 3 heteroatoms. The fourth-order valence-corrected chi connectivity index (χ4v) is 1.85. The molecule has 0 spiro atoms. The van der Waals surface area contributed by atoms with Crippen molar-refractivity contribution in [3.63, 3.8) is 0 Å². The molecule has 2 N–H and O–H groups in total. The van der Waals surface area contributed by atoms with Crippen LogP contribution in [0.5, 0.6) is 11.5 Å². The number of hydrogen-bond donors (Lipinski definition) is 1. The topological polar surface area (TPSA) is 44.5 Å². The molecule has 3 nitrogen and oxygen atoms in total. The Morgan fingerprint density at radius 1 is 1.19 bits per heavy atom. The first kappa shape index (κ1) is 12.8. The molecule has 0 aliphatic heterocycles. The smallest absolute Gasteiger partial charge is 0.126 e. The van der Waals surface area contributed by atoms with E-state index in [1.165, 1.54) is 5.56 Å². The molecule has 0 aliphatic carbocycles. The van der Waals surface area contributed by atoms with E-state index >= 15 is 0 Å². The van der Waals surface area contributed by atoms with E-state index in [1.54, 1.807) is 14.2 Å². The first-order valence-corrected chi connectivity index (χ1v) is 5.47. The highest BCUT2D eigenvalue weighted by atomic mass is 16.5. The molecule has 1 aromatic rings. The van der Waals surface area contributed by atoms with E-state index in [4.69, 9.17) is 15.2 Å². The van der Waals surface area contributed by atoms with Crippen LogP contribution < -0.4 is 15.2 Å². The SMILES string of the molecule is COc1ccc(C(C)(C)CCN)c(OC)c1. The van der Waals surface area contributed by atoms with E-state index in [-0.39, 0.29) is 5.41 Å². The van der Waals surface area contributed by atoms with Crippen LogP contribution in [0.4, 0.5) is 0 Å². The maximum Gasteiger partial charge on any atom is 0.126 e. The predicted molar refractivity (Wildman–Crippen MR) is 66.2 cm³/mol. The molecule has 0 amide bonds. The fraction of sp³-hybridized carbons (Fsp3) is 0.538. The normalized spacial score (nSPS) is 11.3. The third kappa shape index (κ3) is 2.67. The number of ether oxygens (including phenoxy) is 2. The van der Waals surface area contributed by atoms with E-state index < -0.39 is 0 Å². The summed E-state index contributed by atoms with van der Waals surface area (Å²) in [6.07, 6.45) is 0.926. The summed E-state index contributed by atoms with van der Waals surface area (Å²) in [7, 11) is 3.33. The Balaban J connectivity index is 3.12. The quantitative estimate of drug-likeness (QED) is 0.833. The van der Waals surface area contributed by atoms with Crippen molar-refractivity contribution in [2.45, 2.75) is 25.7 Å². The van der Waals surface area contributed by atoms with Crippen LogP contribution in [0.1, 0.15) is 25.8 Å². The molecule has 90 valence electrons. The molecule has 1 aromatic carbocycles. The van der Waals surface area contributed by atoms with Crippen LogP contribution in [-0.2, 0) is 5.41 Å². The lowest BCUT2D eigenvalue weighted by Crippen LogP contribution is -2.22. The van der Waals surface area contributed by atoms with Crippen molar-refractivity contribution in [3.8, 4) is 11.5 Å². The van der Waals surface area contributed by atoms with Crippen LogP contribution in [0.2, 0.25) is 0 Å². The number of benzene rings is 1. The van der Waals surface area contributed by atoms with Crippen molar-refractivity contribution in [2.24, 2.45) is 5.73 Å². The highest BCUT2D eigenvalue weighted by Gasteiger charge is 2.23. The van der Waals surface area contributed by atoms with Crippen LogP contribution in [0.25, 0.3) is 0 Å². The Labute approximate surface area is 97.6 Å². The maximum atomic E-state index is 5.63. The molecule has 0 aromatic heterocycles. The average molecular weight is 223 g/mol. The summed E-state index contributed by atoms with van der Waals surface area (Å²) >= 11 is 0. The molecule has 0 saturated carbocycles. The van der Waals surface area contributed by atoms with Crippen molar-refractivity contribution in [1.82, 2.24) is 0 Å². The third-order valence-corrected chi connectivity index (χ3v) is 2.91. The zero-order valence-corrected chi connectivity index (χ0v) is 10.5. The summed E-state index contributed by atoms with van der Waals surface area (Å²) in [5, 5.41) is 0. The lowest BCUT2D eigenvalue weighted by atomic mass is 9.81. The van der Waals surface area contributed by atoms with Gasteiger partial charge in [-0.25, -0.2) is 0 Å². The predicted octanol–water partition coefficient (Wildman–Crippen LogP) is 2.33. The molecule has 0 fully saturated rings. The van der Waals surface area contributed by atoms with Crippen molar-refractivity contribution in [3.05, 3.63) is 23.8 Å². The van der Waals surface area contributed by atoms with Gasteiger partial charge in [0.2, 0.25) is 0 Å². The average Bonchev–Trinajstić information content (AvgIpc) is 2.28. The Morgan fingerprint density at radius 2 is 1.88 bits per heavy atom. The number of hydrogen-bond acceptors (Lipinski definition) is 3. The van der Waals surface area contributed by atoms with Gasteiger partial charge in [-0.1, -0.05) is 19.9 Å². The van der Waals surface area contributed by atoms with Crippen LogP contribution in [0, 0.1) is 0 Å². The number of methoxy groups -OCH3 is 2. The molecular weight excluding hydrogens is 202 g/mol. The summed E-state index contributed by atoms with van der Waals surface area (Å²) in [6.45, 7) is 5.01. The minimum Gasteiger partial charge on any atom is -0.497 e. The molecule has 0 aliphatic rings. The second-order valence-corrected chi connectivity index (χ2v) is 4.49. The van der Waals surface area contributed by atoms with E-state index in [1.807, 2.05) is 18.2 Å². The standard InChI is InChI=1S/C13H21NO2/c1-13(2,7-8-14)11-6-5-10(15-3)9-12(11)16-4/h5-6,9H,7-8,14H2,1-4H3. The summed E-state index contributed by atoms with van der Waals surface area (Å²) in [6, 6.07) is 5.91. The molecule has 0 radical (unpaired) electrons. The molecule has 16 heavy (non-hydrogen) atoms. The van der Waals surface area contributed by atoms with Gasteiger partial charge in [-0.05, 0) is 24.4 Å². The van der Waals surface area contributed by atoms with Crippen LogP contribution in [0.15, 0.2) is 18.2 Å². The van der Waals surface area contributed by atoms with Gasteiger partial charge in [-0.15, -0.1) is 0 Å². The fourth-order valence-electron chi connectivity index (χ4n) is 1.85. The second-order valence-electron chi connectivity index (χ2n) is 4.49. The van der Waals surface area contributed by atoms with Crippen molar-refractivity contribution >= 4 is 0 Å². The highest BCUT2D eigenvalue weighted by molar-refractivity contribution is 5.44. The molecule has 0 saturated heterocycles. The van der Waals surface area contributed by atoms with E-state index in [2.05, 4.69) is 13.8 Å². The van der Waals surface area contributed by atoms with Gasteiger partial charge >= 0.3 is 0 Å². The largest absolute Gasteiger partial charge is 0.497 e. The first-order valence-electron chi connectivity index (χ1n) is 5.47. The maximum absolute atomic E-state index is 5.63. The van der Waals surface area contributed by atoms with Crippen LogP contribution in [-0.4, -0.2) is 20.8 Å². The lowest BCUT2D eigenvalue weighted by Gasteiger charge is -2.26. The Bertz CT molecular complexity index is 348. The summed E-state index contributed by atoms with van der Waals surface area (Å²) in [4.78, 5) is 0. The van der Waals surface area contributed by atoms with Gasteiger partial charge in [-0.3, -0.25) is 0 Å². The second kappa shape index (κ2) is 5.21. The zero-order valence-electron chi connectivity index (χ0n) is 10.5. The van der Waals surface area contributed by atoms with Gasteiger partial charge in [0.05, 0.1) is 14.2 Å². The van der Waals surface area contributed by atoms with Gasteiger partial charge < -0.3 is 15.2 Å². The van der Waals surface area contributed by atoms with Gasteiger partial charge in [-0.2, -0.15) is 0 Å². The number of nitrogens with two attached hydrogens (primary N) is 1. The van der Waals surface area contributed by atoms with Gasteiger partial charge in [0, 0.05) is 11.6 Å². The monoisotopic (exact) mass is 223 g/mol. The van der Waals surface area contributed by atoms with Gasteiger partial charge in [0.25, 0.3) is 0 Å². The molecular formula is C13H21NO2. The van der Waals surface area contributed by atoms with Gasteiger partial charge in [0.1, 0.15) is 11.5 Å². The molecule has 0 atom stereocenters. The molecule has 0 unspecified atom stereocenters. The highest BCUT2D eigenvalue weighted by Crippen LogP contribution is 2.36. The Kier molecular flexibility index (Phi) is 4.19. The van der Waals surface area contributed by atoms with Crippen molar-refractivity contribution in [1.29, 1.82) is 0 Å². The number of rotatable bonds is 5. The zero-order chi connectivity index (χ0) is 12.2. The minimum atomic E-state index is 0.0202. The Morgan fingerprint density at radius 3 is 2.38 bits per heavy atom. The van der Waals surface area contributed by atoms with Crippen LogP contribution >= 0.6 is 0 Å². The van der Waals surface area contributed by atoms with Crippen molar-refractivity contribution in [2.75, 3.05) is 20.8 Å².